The van der Waals surface area contributed by atoms with E-state index < -0.39 is 0 Å². The molecule has 4 nitrogen and oxygen atoms in total. The minimum Gasteiger partial charge on any atom is -0.500 e. The standard InChI is InChI=1S/C9H10O4/c1-12-8-4-7(11)9(13-2)3-6(8)5-10/h3,5H,4H2,1-2H3. The van der Waals surface area contributed by atoms with E-state index in [0.29, 0.717) is 17.6 Å². The van der Waals surface area contributed by atoms with Crippen molar-refractivity contribution in [3.8, 4) is 0 Å². The van der Waals surface area contributed by atoms with E-state index >= 15 is 0 Å². The van der Waals surface area contributed by atoms with Crippen LogP contribution in [0, 0.1) is 0 Å². The molecule has 0 aromatic rings. The van der Waals surface area contributed by atoms with Crippen LogP contribution in [0.25, 0.3) is 0 Å². The Bertz CT molecular complexity index is 299. The Morgan fingerprint density at radius 3 is 2.54 bits per heavy atom. The zero-order chi connectivity index (χ0) is 9.84. The molecule has 0 saturated heterocycles. The third-order valence-corrected chi connectivity index (χ3v) is 1.80. The highest BCUT2D eigenvalue weighted by atomic mass is 16.5. The Morgan fingerprint density at radius 2 is 2.08 bits per heavy atom. The fourth-order valence-corrected chi connectivity index (χ4v) is 1.10. The van der Waals surface area contributed by atoms with E-state index in [-0.39, 0.29) is 18.0 Å². The second-order valence-electron chi connectivity index (χ2n) is 2.51. The number of Topliss-reactive ketones (excluding diaryl/α,β-unsaturated/α-hetero) is 1. The van der Waals surface area contributed by atoms with E-state index in [1.165, 1.54) is 20.3 Å². The van der Waals surface area contributed by atoms with Crippen molar-refractivity contribution in [2.75, 3.05) is 14.2 Å². The number of aldehydes is 1. The minimum absolute atomic E-state index is 0.0875. The summed E-state index contributed by atoms with van der Waals surface area (Å²) in [6.45, 7) is 0. The first kappa shape index (κ1) is 9.51. The van der Waals surface area contributed by atoms with Gasteiger partial charge in [0.15, 0.2) is 12.0 Å². The van der Waals surface area contributed by atoms with Crippen LogP contribution in [-0.4, -0.2) is 26.3 Å². The Kier molecular flexibility index (Phi) is 2.84. The molecule has 0 spiro atoms. The summed E-state index contributed by atoms with van der Waals surface area (Å²) in [5.41, 5.74) is 0.360. The van der Waals surface area contributed by atoms with Gasteiger partial charge in [-0.25, -0.2) is 0 Å². The van der Waals surface area contributed by atoms with Crippen molar-refractivity contribution in [1.82, 2.24) is 0 Å². The lowest BCUT2D eigenvalue weighted by Crippen LogP contribution is -2.13. The van der Waals surface area contributed by atoms with Crippen LogP contribution in [-0.2, 0) is 19.1 Å². The topological polar surface area (TPSA) is 52.6 Å². The van der Waals surface area contributed by atoms with E-state index in [1.54, 1.807) is 0 Å². The highest BCUT2D eigenvalue weighted by Gasteiger charge is 2.21. The van der Waals surface area contributed by atoms with Gasteiger partial charge in [-0.1, -0.05) is 0 Å². The summed E-state index contributed by atoms with van der Waals surface area (Å²) in [5, 5.41) is 0. The van der Waals surface area contributed by atoms with Gasteiger partial charge in [0.2, 0.25) is 5.78 Å². The van der Waals surface area contributed by atoms with Gasteiger partial charge in [0.25, 0.3) is 0 Å². The first-order valence-corrected chi connectivity index (χ1v) is 3.74. The fourth-order valence-electron chi connectivity index (χ4n) is 1.10. The van der Waals surface area contributed by atoms with Gasteiger partial charge in [-0.3, -0.25) is 9.59 Å². The molecule has 70 valence electrons. The molecule has 0 aliphatic heterocycles. The van der Waals surface area contributed by atoms with Crippen molar-refractivity contribution < 1.29 is 19.1 Å². The smallest absolute Gasteiger partial charge is 0.204 e. The highest BCUT2D eigenvalue weighted by Crippen LogP contribution is 2.20. The first-order valence-electron chi connectivity index (χ1n) is 3.74. The van der Waals surface area contributed by atoms with E-state index in [2.05, 4.69) is 0 Å². The van der Waals surface area contributed by atoms with Crippen LogP contribution in [0.4, 0.5) is 0 Å². The molecule has 0 fully saturated rings. The largest absolute Gasteiger partial charge is 0.500 e. The third-order valence-electron chi connectivity index (χ3n) is 1.80. The molecule has 0 bridgehead atoms. The third kappa shape index (κ3) is 1.77. The van der Waals surface area contributed by atoms with Gasteiger partial charge < -0.3 is 9.47 Å². The van der Waals surface area contributed by atoms with E-state index in [0.717, 1.165) is 0 Å². The zero-order valence-corrected chi connectivity index (χ0v) is 7.49. The molecule has 0 aromatic carbocycles. The predicted octanol–water partition coefficient (Wildman–Crippen LogP) is 0.589. The molecule has 0 unspecified atom stereocenters. The van der Waals surface area contributed by atoms with E-state index in [1.807, 2.05) is 0 Å². The second kappa shape index (κ2) is 3.89. The Labute approximate surface area is 75.8 Å². The average Bonchev–Trinajstić information content (AvgIpc) is 2.17. The van der Waals surface area contributed by atoms with Crippen LogP contribution in [0.1, 0.15) is 6.42 Å². The summed E-state index contributed by atoms with van der Waals surface area (Å²) in [5.74, 6) is 0.411. The number of hydrogen-bond donors (Lipinski definition) is 0. The van der Waals surface area contributed by atoms with Gasteiger partial charge in [-0.15, -0.1) is 0 Å². The van der Waals surface area contributed by atoms with Crippen LogP contribution in [0.5, 0.6) is 0 Å². The maximum atomic E-state index is 11.2. The summed E-state index contributed by atoms with van der Waals surface area (Å²) in [4.78, 5) is 21.8. The van der Waals surface area contributed by atoms with Crippen LogP contribution in [0.2, 0.25) is 0 Å². The van der Waals surface area contributed by atoms with Crippen molar-refractivity contribution in [1.29, 1.82) is 0 Å². The molecule has 1 aliphatic rings. The molecular formula is C9H10O4. The number of hydrogen-bond acceptors (Lipinski definition) is 4. The Morgan fingerprint density at radius 1 is 1.38 bits per heavy atom. The van der Waals surface area contributed by atoms with Gasteiger partial charge in [-0.2, -0.15) is 0 Å². The molecule has 1 aliphatic carbocycles. The maximum absolute atomic E-state index is 11.2. The molecule has 4 heteroatoms. The van der Waals surface area contributed by atoms with Crippen molar-refractivity contribution in [2.45, 2.75) is 6.42 Å². The molecule has 0 saturated carbocycles. The molecule has 13 heavy (non-hydrogen) atoms. The molecule has 0 amide bonds. The lowest BCUT2D eigenvalue weighted by atomic mass is 10.0. The van der Waals surface area contributed by atoms with Crippen LogP contribution in [0.3, 0.4) is 0 Å². The van der Waals surface area contributed by atoms with Gasteiger partial charge in [0, 0.05) is 0 Å². The summed E-state index contributed by atoms with van der Waals surface area (Å²) < 4.78 is 9.68. The fraction of sp³-hybridized carbons (Fsp3) is 0.333. The van der Waals surface area contributed by atoms with Crippen LogP contribution in [0.15, 0.2) is 23.2 Å². The van der Waals surface area contributed by atoms with E-state index in [4.69, 9.17) is 9.47 Å². The minimum atomic E-state index is -0.176. The molecule has 1 rings (SSSR count). The molecular weight excluding hydrogens is 172 g/mol. The maximum Gasteiger partial charge on any atom is 0.204 e. The molecule has 0 heterocycles. The quantitative estimate of drug-likeness (QED) is 0.599. The van der Waals surface area contributed by atoms with Crippen molar-refractivity contribution >= 4 is 12.1 Å². The Balaban J connectivity index is 3.05. The number of ether oxygens (including phenoxy) is 2. The second-order valence-corrected chi connectivity index (χ2v) is 2.51. The molecule has 0 radical (unpaired) electrons. The number of ketones is 1. The summed E-state index contributed by atoms with van der Waals surface area (Å²) >= 11 is 0. The zero-order valence-electron chi connectivity index (χ0n) is 7.49. The van der Waals surface area contributed by atoms with Crippen molar-refractivity contribution in [3.05, 3.63) is 23.2 Å². The molecule has 0 N–H and O–H groups in total. The van der Waals surface area contributed by atoms with E-state index in [9.17, 15) is 9.59 Å². The SMILES string of the molecule is COC1=CC(C=O)=C(OC)CC1=O. The van der Waals surface area contributed by atoms with Crippen molar-refractivity contribution in [2.24, 2.45) is 0 Å². The number of methoxy groups -OCH3 is 2. The van der Waals surface area contributed by atoms with Gasteiger partial charge in [0.1, 0.15) is 5.76 Å². The summed E-state index contributed by atoms with van der Waals surface area (Å²) in [6.07, 6.45) is 2.12. The highest BCUT2D eigenvalue weighted by molar-refractivity contribution is 6.00. The number of allylic oxidation sites excluding steroid dienone is 4. The van der Waals surface area contributed by atoms with Gasteiger partial charge in [0.05, 0.1) is 26.2 Å². The molecule has 0 aromatic heterocycles. The van der Waals surface area contributed by atoms with Gasteiger partial charge in [-0.05, 0) is 6.08 Å². The number of carbonyl (C=O) groups is 2. The lowest BCUT2D eigenvalue weighted by molar-refractivity contribution is -0.118. The number of rotatable bonds is 3. The monoisotopic (exact) mass is 182 g/mol. The average molecular weight is 182 g/mol. The normalized spacial score (nSPS) is 16.8. The first-order chi connectivity index (χ1) is 6.22. The van der Waals surface area contributed by atoms with Crippen molar-refractivity contribution in [3.63, 3.8) is 0 Å². The Hall–Kier alpha value is -1.58. The lowest BCUT2D eigenvalue weighted by Gasteiger charge is -2.14. The predicted molar refractivity (Wildman–Crippen MR) is 44.8 cm³/mol. The summed E-state index contributed by atoms with van der Waals surface area (Å²) in [6, 6.07) is 0. The van der Waals surface area contributed by atoms with Gasteiger partial charge >= 0.3 is 0 Å². The summed E-state index contributed by atoms with van der Waals surface area (Å²) in [7, 11) is 2.82. The van der Waals surface area contributed by atoms with Crippen LogP contribution >= 0.6 is 0 Å². The van der Waals surface area contributed by atoms with Crippen LogP contribution < -0.4 is 0 Å². The molecule has 0 atom stereocenters. The number of carbonyl (C=O) groups excluding carboxylic acids is 2.